The second-order valence-electron chi connectivity index (χ2n) is 3.88. The summed E-state index contributed by atoms with van der Waals surface area (Å²) in [5.41, 5.74) is 0.527. The Morgan fingerprint density at radius 2 is 2.19 bits per heavy atom. The van der Waals surface area contributed by atoms with Crippen molar-refractivity contribution in [1.29, 1.82) is 0 Å². The van der Waals surface area contributed by atoms with Gasteiger partial charge in [-0.2, -0.15) is 0 Å². The van der Waals surface area contributed by atoms with Crippen molar-refractivity contribution >= 4 is 15.9 Å². The zero-order chi connectivity index (χ0) is 12.1. The molecule has 0 fully saturated rings. The third-order valence-electron chi connectivity index (χ3n) is 2.48. The molecule has 16 heavy (non-hydrogen) atoms. The van der Waals surface area contributed by atoms with Crippen molar-refractivity contribution in [2.75, 3.05) is 7.11 Å². The highest BCUT2D eigenvalue weighted by Gasteiger charge is 2.13. The molecule has 0 aliphatic heterocycles. The SMILES string of the molecule is COC(C)CC(O)Cc1ccc(Br)cc1F. The van der Waals surface area contributed by atoms with Gasteiger partial charge in [0.2, 0.25) is 0 Å². The largest absolute Gasteiger partial charge is 0.393 e. The molecule has 0 bridgehead atoms. The highest BCUT2D eigenvalue weighted by Crippen LogP contribution is 2.17. The quantitative estimate of drug-likeness (QED) is 0.904. The van der Waals surface area contributed by atoms with Gasteiger partial charge in [0.1, 0.15) is 5.82 Å². The van der Waals surface area contributed by atoms with Crippen molar-refractivity contribution in [1.82, 2.24) is 0 Å². The Balaban J connectivity index is 2.59. The van der Waals surface area contributed by atoms with Gasteiger partial charge in [-0.25, -0.2) is 4.39 Å². The van der Waals surface area contributed by atoms with Crippen LogP contribution < -0.4 is 0 Å². The second kappa shape index (κ2) is 6.33. The van der Waals surface area contributed by atoms with E-state index >= 15 is 0 Å². The Kier molecular flexibility index (Phi) is 5.38. The van der Waals surface area contributed by atoms with Gasteiger partial charge in [0.25, 0.3) is 0 Å². The fraction of sp³-hybridized carbons (Fsp3) is 0.500. The van der Waals surface area contributed by atoms with Crippen LogP contribution in [0, 0.1) is 5.82 Å². The van der Waals surface area contributed by atoms with Gasteiger partial charge in [0, 0.05) is 18.0 Å². The monoisotopic (exact) mass is 290 g/mol. The fourth-order valence-electron chi connectivity index (χ4n) is 1.50. The maximum Gasteiger partial charge on any atom is 0.127 e. The van der Waals surface area contributed by atoms with Crippen LogP contribution in [0.5, 0.6) is 0 Å². The van der Waals surface area contributed by atoms with E-state index in [2.05, 4.69) is 15.9 Å². The molecule has 2 nitrogen and oxygen atoms in total. The first-order valence-electron chi connectivity index (χ1n) is 5.17. The number of halogens is 2. The molecule has 0 spiro atoms. The first kappa shape index (κ1) is 13.6. The van der Waals surface area contributed by atoms with Crippen LogP contribution in [0.3, 0.4) is 0 Å². The van der Waals surface area contributed by atoms with Gasteiger partial charge in [-0.05, 0) is 31.0 Å². The van der Waals surface area contributed by atoms with E-state index in [1.165, 1.54) is 6.07 Å². The van der Waals surface area contributed by atoms with Crippen LogP contribution in [-0.2, 0) is 11.2 Å². The first-order valence-corrected chi connectivity index (χ1v) is 5.97. The Morgan fingerprint density at radius 1 is 1.50 bits per heavy atom. The smallest absolute Gasteiger partial charge is 0.127 e. The molecule has 0 aliphatic carbocycles. The topological polar surface area (TPSA) is 29.5 Å². The normalized spacial score (nSPS) is 14.8. The molecule has 4 heteroatoms. The lowest BCUT2D eigenvalue weighted by atomic mass is 10.0. The van der Waals surface area contributed by atoms with E-state index in [9.17, 15) is 9.50 Å². The Labute approximate surface area is 104 Å². The number of hydrogen-bond donors (Lipinski definition) is 1. The Bertz CT molecular complexity index is 344. The summed E-state index contributed by atoms with van der Waals surface area (Å²) < 4.78 is 19.2. The summed E-state index contributed by atoms with van der Waals surface area (Å²) in [5, 5.41) is 9.74. The molecule has 2 atom stereocenters. The van der Waals surface area contributed by atoms with Crippen LogP contribution in [0.2, 0.25) is 0 Å². The summed E-state index contributed by atoms with van der Waals surface area (Å²) >= 11 is 3.19. The van der Waals surface area contributed by atoms with Gasteiger partial charge in [-0.1, -0.05) is 22.0 Å². The van der Waals surface area contributed by atoms with Crippen LogP contribution in [0.15, 0.2) is 22.7 Å². The van der Waals surface area contributed by atoms with E-state index in [1.54, 1.807) is 19.2 Å². The molecule has 2 unspecified atom stereocenters. The Hall–Kier alpha value is -0.450. The van der Waals surface area contributed by atoms with E-state index in [1.807, 2.05) is 6.92 Å². The third-order valence-corrected chi connectivity index (χ3v) is 2.97. The van der Waals surface area contributed by atoms with Gasteiger partial charge >= 0.3 is 0 Å². The van der Waals surface area contributed by atoms with Gasteiger partial charge in [0.05, 0.1) is 12.2 Å². The van der Waals surface area contributed by atoms with Crippen molar-refractivity contribution in [2.24, 2.45) is 0 Å². The molecule has 0 aliphatic rings. The number of ether oxygens (including phenoxy) is 1. The van der Waals surface area contributed by atoms with Crippen LogP contribution in [0.25, 0.3) is 0 Å². The van der Waals surface area contributed by atoms with Crippen LogP contribution in [0.4, 0.5) is 4.39 Å². The van der Waals surface area contributed by atoms with Crippen molar-refractivity contribution in [3.8, 4) is 0 Å². The maximum atomic E-state index is 13.5. The minimum absolute atomic E-state index is 0.0199. The zero-order valence-electron chi connectivity index (χ0n) is 9.41. The summed E-state index contributed by atoms with van der Waals surface area (Å²) in [6.45, 7) is 1.88. The van der Waals surface area contributed by atoms with Gasteiger partial charge in [0.15, 0.2) is 0 Å². The molecule has 0 amide bonds. The molecule has 90 valence electrons. The van der Waals surface area contributed by atoms with Gasteiger partial charge in [-0.3, -0.25) is 0 Å². The number of methoxy groups -OCH3 is 1. The minimum Gasteiger partial charge on any atom is -0.393 e. The van der Waals surface area contributed by atoms with Crippen molar-refractivity contribution in [3.63, 3.8) is 0 Å². The molecule has 1 rings (SSSR count). The lowest BCUT2D eigenvalue weighted by Crippen LogP contribution is -2.19. The standard InChI is InChI=1S/C12H16BrFO2/c1-8(16-2)5-11(15)6-9-3-4-10(13)7-12(9)14/h3-4,7-8,11,15H,5-6H2,1-2H3. The summed E-state index contributed by atoms with van der Waals surface area (Å²) in [7, 11) is 1.59. The predicted molar refractivity (Wildman–Crippen MR) is 64.9 cm³/mol. The van der Waals surface area contributed by atoms with E-state index in [4.69, 9.17) is 4.74 Å². The fourth-order valence-corrected chi connectivity index (χ4v) is 1.84. The molecule has 1 aromatic carbocycles. The lowest BCUT2D eigenvalue weighted by Gasteiger charge is -2.15. The van der Waals surface area contributed by atoms with E-state index < -0.39 is 6.10 Å². The van der Waals surface area contributed by atoms with E-state index in [0.717, 1.165) is 0 Å². The molecule has 0 aromatic heterocycles. The predicted octanol–water partition coefficient (Wildman–Crippen LogP) is 2.92. The van der Waals surface area contributed by atoms with Crippen LogP contribution >= 0.6 is 15.9 Å². The average Bonchev–Trinajstić information content (AvgIpc) is 2.22. The summed E-state index contributed by atoms with van der Waals surface area (Å²) in [6, 6.07) is 4.85. The highest BCUT2D eigenvalue weighted by atomic mass is 79.9. The van der Waals surface area contributed by atoms with Gasteiger partial charge in [-0.15, -0.1) is 0 Å². The van der Waals surface area contributed by atoms with Crippen molar-refractivity contribution in [2.45, 2.75) is 32.0 Å². The molecule has 0 radical (unpaired) electrons. The number of aliphatic hydroxyl groups is 1. The maximum absolute atomic E-state index is 13.5. The average molecular weight is 291 g/mol. The van der Waals surface area contributed by atoms with Gasteiger partial charge < -0.3 is 9.84 Å². The number of hydrogen-bond acceptors (Lipinski definition) is 2. The number of rotatable bonds is 5. The Morgan fingerprint density at radius 3 is 2.75 bits per heavy atom. The number of benzene rings is 1. The van der Waals surface area contributed by atoms with Crippen molar-refractivity contribution < 1.29 is 14.2 Å². The van der Waals surface area contributed by atoms with Crippen LogP contribution in [0.1, 0.15) is 18.9 Å². The third kappa shape index (κ3) is 4.20. The molecule has 0 heterocycles. The summed E-state index contributed by atoms with van der Waals surface area (Å²) in [5.74, 6) is -0.293. The molecular formula is C12H16BrFO2. The molecule has 0 saturated heterocycles. The summed E-state index contributed by atoms with van der Waals surface area (Å²) in [4.78, 5) is 0. The zero-order valence-corrected chi connectivity index (χ0v) is 11.0. The van der Waals surface area contributed by atoms with Crippen molar-refractivity contribution in [3.05, 3.63) is 34.1 Å². The molecular weight excluding hydrogens is 275 g/mol. The second-order valence-corrected chi connectivity index (χ2v) is 4.79. The molecule has 1 N–H and O–H groups in total. The van der Waals surface area contributed by atoms with Crippen LogP contribution in [-0.4, -0.2) is 24.4 Å². The summed E-state index contributed by atoms with van der Waals surface area (Å²) in [6.07, 6.45) is 0.220. The van der Waals surface area contributed by atoms with E-state index in [-0.39, 0.29) is 11.9 Å². The first-order chi connectivity index (χ1) is 7.52. The highest BCUT2D eigenvalue weighted by molar-refractivity contribution is 9.10. The van der Waals surface area contributed by atoms with E-state index in [0.29, 0.717) is 22.9 Å². The minimum atomic E-state index is -0.578. The lowest BCUT2D eigenvalue weighted by molar-refractivity contribution is 0.0562. The molecule has 0 saturated carbocycles. The molecule has 1 aromatic rings. The number of aliphatic hydroxyl groups excluding tert-OH is 1.